The lowest BCUT2D eigenvalue weighted by atomic mass is 9.81. The van der Waals surface area contributed by atoms with Crippen LogP contribution in [0.15, 0.2) is 72.8 Å². The van der Waals surface area contributed by atoms with Gasteiger partial charge >= 0.3 is 0 Å². The van der Waals surface area contributed by atoms with E-state index in [1.807, 2.05) is 18.2 Å². The second-order valence-corrected chi connectivity index (χ2v) is 9.64. The van der Waals surface area contributed by atoms with E-state index in [9.17, 15) is 5.11 Å². The SMILES string of the molecule is CCN(CC)c1ccc2c(c1)Oc1cc(C)c(Nc3ccc(C)cc3C)cc1C2c1ccccc1O. The van der Waals surface area contributed by atoms with E-state index in [2.05, 4.69) is 93.4 Å². The van der Waals surface area contributed by atoms with Crippen molar-refractivity contribution in [2.45, 2.75) is 40.5 Å². The Bertz CT molecular complexity index is 1420. The molecule has 4 heteroatoms. The minimum Gasteiger partial charge on any atom is -0.508 e. The summed E-state index contributed by atoms with van der Waals surface area (Å²) in [6, 6.07) is 24.8. The minimum atomic E-state index is -0.143. The topological polar surface area (TPSA) is 44.7 Å². The van der Waals surface area contributed by atoms with Crippen molar-refractivity contribution < 1.29 is 9.84 Å². The fraction of sp³-hybridized carbons (Fsp3) is 0.250. The fourth-order valence-corrected chi connectivity index (χ4v) is 5.23. The van der Waals surface area contributed by atoms with E-state index >= 15 is 0 Å². The highest BCUT2D eigenvalue weighted by Gasteiger charge is 2.31. The molecule has 4 aromatic carbocycles. The summed E-state index contributed by atoms with van der Waals surface area (Å²) in [6.07, 6.45) is 0. The highest BCUT2D eigenvalue weighted by Crippen LogP contribution is 2.51. The number of aromatic hydroxyl groups is 1. The van der Waals surface area contributed by atoms with E-state index in [1.54, 1.807) is 6.07 Å². The first-order chi connectivity index (χ1) is 17.4. The number of ether oxygens (including phenoxy) is 1. The monoisotopic (exact) mass is 478 g/mol. The Labute approximate surface area is 214 Å². The van der Waals surface area contributed by atoms with Crippen molar-refractivity contribution in [2.24, 2.45) is 0 Å². The average molecular weight is 479 g/mol. The van der Waals surface area contributed by atoms with Crippen LogP contribution in [0.1, 0.15) is 53.1 Å². The molecule has 5 rings (SSSR count). The van der Waals surface area contributed by atoms with Gasteiger partial charge in [0, 0.05) is 58.8 Å². The second-order valence-electron chi connectivity index (χ2n) is 9.64. The Hall–Kier alpha value is -3.92. The molecule has 0 aromatic heterocycles. The summed E-state index contributed by atoms with van der Waals surface area (Å²) in [4.78, 5) is 2.32. The Morgan fingerprint density at radius 1 is 0.750 bits per heavy atom. The van der Waals surface area contributed by atoms with Crippen LogP contribution in [0.3, 0.4) is 0 Å². The number of rotatable bonds is 6. The van der Waals surface area contributed by atoms with Crippen molar-refractivity contribution in [3.63, 3.8) is 0 Å². The van der Waals surface area contributed by atoms with Gasteiger partial charge in [-0.1, -0.05) is 42.0 Å². The summed E-state index contributed by atoms with van der Waals surface area (Å²) in [7, 11) is 0. The third-order valence-electron chi connectivity index (χ3n) is 7.22. The quantitative estimate of drug-likeness (QED) is 0.258. The molecule has 0 amide bonds. The number of fused-ring (bicyclic) bond motifs is 2. The Morgan fingerprint density at radius 3 is 2.19 bits per heavy atom. The second kappa shape index (κ2) is 9.62. The maximum absolute atomic E-state index is 10.9. The number of phenols is 1. The van der Waals surface area contributed by atoms with Crippen LogP contribution in [0.4, 0.5) is 17.1 Å². The fourth-order valence-electron chi connectivity index (χ4n) is 5.23. The number of nitrogens with one attached hydrogen (secondary N) is 1. The van der Waals surface area contributed by atoms with E-state index in [0.717, 1.165) is 63.9 Å². The summed E-state index contributed by atoms with van der Waals surface area (Å²) in [5.41, 5.74) is 9.79. The van der Waals surface area contributed by atoms with Gasteiger partial charge in [0.15, 0.2) is 0 Å². The molecule has 36 heavy (non-hydrogen) atoms. The molecule has 2 N–H and O–H groups in total. The molecule has 0 radical (unpaired) electrons. The first-order valence-electron chi connectivity index (χ1n) is 12.7. The molecule has 4 aromatic rings. The molecular weight excluding hydrogens is 444 g/mol. The van der Waals surface area contributed by atoms with Crippen LogP contribution in [0.5, 0.6) is 17.2 Å². The van der Waals surface area contributed by atoms with E-state index in [1.165, 1.54) is 11.1 Å². The van der Waals surface area contributed by atoms with Gasteiger partial charge in [0.1, 0.15) is 17.2 Å². The third kappa shape index (κ3) is 4.28. The standard InChI is InChI=1S/C32H34N2O2/c1-6-34(7-2)23-13-14-25-31(18-23)36-30-17-22(5)28(33-27-15-12-20(3)16-21(27)4)19-26(30)32(25)24-10-8-9-11-29(24)35/h8-19,32-33,35H,6-7H2,1-5H3. The molecule has 1 aliphatic heterocycles. The number of para-hydroxylation sites is 1. The maximum atomic E-state index is 10.9. The van der Waals surface area contributed by atoms with E-state index in [0.29, 0.717) is 5.75 Å². The predicted octanol–water partition coefficient (Wildman–Crippen LogP) is 8.19. The van der Waals surface area contributed by atoms with Crippen molar-refractivity contribution >= 4 is 17.1 Å². The van der Waals surface area contributed by atoms with Gasteiger partial charge in [-0.15, -0.1) is 0 Å². The first kappa shape index (κ1) is 23.8. The number of benzene rings is 4. The Balaban J connectivity index is 1.65. The molecule has 1 atom stereocenters. The highest BCUT2D eigenvalue weighted by atomic mass is 16.5. The molecule has 0 fully saturated rings. The Morgan fingerprint density at radius 2 is 1.47 bits per heavy atom. The van der Waals surface area contributed by atoms with Crippen LogP contribution in [0.2, 0.25) is 0 Å². The molecule has 0 saturated carbocycles. The lowest BCUT2D eigenvalue weighted by molar-refractivity contribution is 0.443. The van der Waals surface area contributed by atoms with Crippen molar-refractivity contribution in [1.29, 1.82) is 0 Å². The average Bonchev–Trinajstić information content (AvgIpc) is 2.86. The van der Waals surface area contributed by atoms with Crippen LogP contribution >= 0.6 is 0 Å². The van der Waals surface area contributed by atoms with Crippen molar-refractivity contribution in [3.05, 3.63) is 106 Å². The summed E-state index contributed by atoms with van der Waals surface area (Å²) in [5.74, 6) is 1.82. The summed E-state index contributed by atoms with van der Waals surface area (Å²) in [6.45, 7) is 12.5. The number of aryl methyl sites for hydroxylation is 3. The summed E-state index contributed by atoms with van der Waals surface area (Å²) in [5, 5.41) is 14.5. The zero-order valence-electron chi connectivity index (χ0n) is 21.7. The summed E-state index contributed by atoms with van der Waals surface area (Å²) < 4.78 is 6.54. The zero-order chi connectivity index (χ0) is 25.4. The van der Waals surface area contributed by atoms with Gasteiger partial charge < -0.3 is 20.1 Å². The van der Waals surface area contributed by atoms with Gasteiger partial charge in [0.2, 0.25) is 0 Å². The molecular formula is C32H34N2O2. The molecule has 184 valence electrons. The van der Waals surface area contributed by atoms with Gasteiger partial charge in [-0.3, -0.25) is 0 Å². The van der Waals surface area contributed by atoms with Crippen molar-refractivity contribution in [1.82, 2.24) is 0 Å². The molecule has 0 aliphatic carbocycles. The van der Waals surface area contributed by atoms with Crippen LogP contribution in [0, 0.1) is 20.8 Å². The van der Waals surface area contributed by atoms with Gasteiger partial charge in [0.25, 0.3) is 0 Å². The normalized spacial score (nSPS) is 14.0. The molecule has 0 bridgehead atoms. The number of phenolic OH excluding ortho intramolecular Hbond substituents is 1. The van der Waals surface area contributed by atoms with Crippen LogP contribution < -0.4 is 15.0 Å². The largest absolute Gasteiger partial charge is 0.508 e. The maximum Gasteiger partial charge on any atom is 0.133 e. The van der Waals surface area contributed by atoms with E-state index in [-0.39, 0.29) is 5.92 Å². The summed E-state index contributed by atoms with van der Waals surface area (Å²) >= 11 is 0. The van der Waals surface area contributed by atoms with Crippen molar-refractivity contribution in [2.75, 3.05) is 23.3 Å². The van der Waals surface area contributed by atoms with Crippen LogP contribution in [-0.2, 0) is 0 Å². The predicted molar refractivity (Wildman–Crippen MR) is 150 cm³/mol. The van der Waals surface area contributed by atoms with Gasteiger partial charge in [-0.05, 0) is 76.1 Å². The molecule has 1 unspecified atom stereocenters. The lowest BCUT2D eigenvalue weighted by Crippen LogP contribution is -2.22. The van der Waals surface area contributed by atoms with Crippen molar-refractivity contribution in [3.8, 4) is 17.2 Å². The van der Waals surface area contributed by atoms with E-state index < -0.39 is 0 Å². The third-order valence-corrected chi connectivity index (χ3v) is 7.22. The molecule has 0 spiro atoms. The van der Waals surface area contributed by atoms with Crippen LogP contribution in [0.25, 0.3) is 0 Å². The molecule has 1 heterocycles. The number of hydrogen-bond acceptors (Lipinski definition) is 4. The number of anilines is 3. The molecule has 0 saturated heterocycles. The van der Waals surface area contributed by atoms with Gasteiger partial charge in [-0.25, -0.2) is 0 Å². The van der Waals surface area contributed by atoms with Gasteiger partial charge in [-0.2, -0.15) is 0 Å². The first-order valence-corrected chi connectivity index (χ1v) is 12.7. The molecule has 1 aliphatic rings. The minimum absolute atomic E-state index is 0.143. The number of nitrogens with zero attached hydrogens (tertiary/aromatic N) is 1. The van der Waals surface area contributed by atoms with Crippen LogP contribution in [-0.4, -0.2) is 18.2 Å². The highest BCUT2D eigenvalue weighted by molar-refractivity contribution is 5.72. The molecule has 4 nitrogen and oxygen atoms in total. The smallest absolute Gasteiger partial charge is 0.133 e. The zero-order valence-corrected chi connectivity index (χ0v) is 21.7. The van der Waals surface area contributed by atoms with Gasteiger partial charge in [0.05, 0.1) is 0 Å². The lowest BCUT2D eigenvalue weighted by Gasteiger charge is -2.32. The Kier molecular flexibility index (Phi) is 6.36. The van der Waals surface area contributed by atoms with E-state index in [4.69, 9.17) is 4.74 Å². The number of hydrogen-bond donors (Lipinski definition) is 2.